The van der Waals surface area contributed by atoms with Crippen molar-refractivity contribution in [3.05, 3.63) is 77.1 Å². The third-order valence-corrected chi connectivity index (χ3v) is 9.55. The Morgan fingerprint density at radius 3 is 2.65 bits per heavy atom. The van der Waals surface area contributed by atoms with Crippen LogP contribution < -0.4 is 10.6 Å². The number of carbonyl (C=O) groups is 3. The Balaban J connectivity index is 1.33. The molecule has 210 valence electrons. The van der Waals surface area contributed by atoms with E-state index in [9.17, 15) is 18.8 Å². The fourth-order valence-electron chi connectivity index (χ4n) is 7.06. The lowest BCUT2D eigenvalue weighted by atomic mass is 9.73. The maximum Gasteiger partial charge on any atom is 0.246 e. The molecular weight excluding hydrogens is 533 g/mol. The van der Waals surface area contributed by atoms with Crippen LogP contribution in [-0.2, 0) is 25.7 Å². The van der Waals surface area contributed by atoms with Crippen molar-refractivity contribution in [3.63, 3.8) is 0 Å². The lowest BCUT2D eigenvalue weighted by molar-refractivity contribution is -0.142. The van der Waals surface area contributed by atoms with Crippen LogP contribution in [0.2, 0.25) is 5.02 Å². The number of carbonyl (C=O) groups excluding carboxylic acids is 3. The van der Waals surface area contributed by atoms with Gasteiger partial charge in [0.2, 0.25) is 17.7 Å². The van der Waals surface area contributed by atoms with Crippen molar-refractivity contribution in [2.45, 2.75) is 63.4 Å². The number of ether oxygens (including phenoxy) is 1. The molecule has 2 aromatic rings. The molecule has 3 aliphatic heterocycles. The van der Waals surface area contributed by atoms with E-state index < -0.39 is 29.6 Å². The van der Waals surface area contributed by atoms with Gasteiger partial charge in [0.1, 0.15) is 17.5 Å². The Kier molecular flexibility index (Phi) is 6.95. The van der Waals surface area contributed by atoms with Gasteiger partial charge in [0.25, 0.3) is 0 Å². The molecule has 1 saturated carbocycles. The van der Waals surface area contributed by atoms with E-state index in [4.69, 9.17) is 16.3 Å². The van der Waals surface area contributed by atoms with Crippen LogP contribution in [0.5, 0.6) is 0 Å². The van der Waals surface area contributed by atoms with Crippen LogP contribution in [-0.4, -0.2) is 46.4 Å². The fourth-order valence-corrected chi connectivity index (χ4v) is 7.25. The molecule has 2 aromatic carbocycles. The van der Waals surface area contributed by atoms with E-state index >= 15 is 0 Å². The summed E-state index contributed by atoms with van der Waals surface area (Å²) in [5.74, 6) is -2.29. The van der Waals surface area contributed by atoms with Gasteiger partial charge in [-0.25, -0.2) is 4.39 Å². The number of rotatable bonds is 6. The van der Waals surface area contributed by atoms with E-state index in [0.29, 0.717) is 28.1 Å². The molecule has 1 spiro atoms. The SMILES string of the molecule is C[C@H]1[C@H](C)CCC[C@@H]1NC(=O)[C@@H]1N(Cc2ccc(F)cc2)C(=O)[C@H]2[C@@H](C(=O)Nc3cccc(Cl)c3)[C@H]3C=C[C@@]12O3. The van der Waals surface area contributed by atoms with Gasteiger partial charge in [0, 0.05) is 23.3 Å². The summed E-state index contributed by atoms with van der Waals surface area (Å²) in [6.07, 6.45) is 5.97. The molecule has 8 atom stereocenters. The molecule has 0 radical (unpaired) electrons. The predicted octanol–water partition coefficient (Wildman–Crippen LogP) is 4.71. The third-order valence-electron chi connectivity index (χ3n) is 9.32. The maximum atomic E-state index is 14.1. The highest BCUT2D eigenvalue weighted by Gasteiger charge is 2.72. The Bertz CT molecular complexity index is 1370. The summed E-state index contributed by atoms with van der Waals surface area (Å²) < 4.78 is 20.1. The number of hydrogen-bond acceptors (Lipinski definition) is 4. The van der Waals surface area contributed by atoms with Crippen molar-refractivity contribution < 1.29 is 23.5 Å². The van der Waals surface area contributed by atoms with Crippen molar-refractivity contribution in [1.82, 2.24) is 10.2 Å². The van der Waals surface area contributed by atoms with Gasteiger partial charge in [0.05, 0.1) is 17.9 Å². The van der Waals surface area contributed by atoms with E-state index in [0.717, 1.165) is 19.3 Å². The van der Waals surface area contributed by atoms with Crippen LogP contribution in [0.1, 0.15) is 38.7 Å². The lowest BCUT2D eigenvalue weighted by Gasteiger charge is -2.38. The van der Waals surface area contributed by atoms with Gasteiger partial charge >= 0.3 is 0 Å². The highest BCUT2D eigenvalue weighted by Crippen LogP contribution is 2.55. The van der Waals surface area contributed by atoms with Crippen molar-refractivity contribution in [2.24, 2.45) is 23.7 Å². The van der Waals surface area contributed by atoms with Crippen LogP contribution >= 0.6 is 11.6 Å². The van der Waals surface area contributed by atoms with E-state index in [1.165, 1.54) is 17.0 Å². The fraction of sp³-hybridized carbons (Fsp3) is 0.452. The standard InChI is InChI=1S/C31H33ClFN3O4/c1-17-5-3-8-23(18(17)2)35-29(38)27-31-14-13-24(40-31)25(28(37)34-22-7-4-6-20(32)15-22)26(31)30(39)36(27)16-19-9-11-21(33)12-10-19/h4,6-7,9-15,17-18,23-27H,3,5,8,16H2,1-2H3,(H,34,37)(H,35,38)/t17-,18+,23+,24-,25+,26-,27+,31+/m1/s1. The molecule has 9 heteroatoms. The highest BCUT2D eigenvalue weighted by atomic mass is 35.5. The first-order valence-electron chi connectivity index (χ1n) is 14.0. The van der Waals surface area contributed by atoms with Crippen molar-refractivity contribution in [1.29, 1.82) is 0 Å². The molecule has 7 nitrogen and oxygen atoms in total. The third kappa shape index (κ3) is 4.51. The summed E-state index contributed by atoms with van der Waals surface area (Å²) in [6, 6.07) is 11.7. The normalized spacial score (nSPS) is 34.1. The summed E-state index contributed by atoms with van der Waals surface area (Å²) in [6.45, 7) is 4.45. The molecule has 3 amide bonds. The molecule has 4 aliphatic rings. The number of anilines is 1. The second-order valence-electron chi connectivity index (χ2n) is 11.7. The first-order valence-corrected chi connectivity index (χ1v) is 14.3. The average molecular weight is 566 g/mol. The molecule has 0 aromatic heterocycles. The first kappa shape index (κ1) is 27.0. The van der Waals surface area contributed by atoms with E-state index in [-0.39, 0.29) is 36.1 Å². The first-order chi connectivity index (χ1) is 19.2. The molecule has 6 rings (SSSR count). The van der Waals surface area contributed by atoms with Crippen molar-refractivity contribution in [3.8, 4) is 0 Å². The minimum absolute atomic E-state index is 0.0148. The molecular formula is C31H33ClFN3O4. The molecule has 0 unspecified atom stereocenters. The Morgan fingerprint density at radius 2 is 1.90 bits per heavy atom. The summed E-state index contributed by atoms with van der Waals surface area (Å²) in [5.41, 5.74) is -0.0743. The number of halogens is 2. The second-order valence-corrected chi connectivity index (χ2v) is 12.1. The summed E-state index contributed by atoms with van der Waals surface area (Å²) >= 11 is 6.11. The summed E-state index contributed by atoms with van der Waals surface area (Å²) in [4.78, 5) is 43.4. The monoisotopic (exact) mass is 565 g/mol. The molecule has 2 saturated heterocycles. The van der Waals surface area contributed by atoms with Gasteiger partial charge in [-0.1, -0.05) is 68.6 Å². The molecule has 40 heavy (non-hydrogen) atoms. The largest absolute Gasteiger partial charge is 0.359 e. The summed E-state index contributed by atoms with van der Waals surface area (Å²) in [5, 5.41) is 6.60. The van der Waals surface area contributed by atoms with E-state index in [2.05, 4.69) is 24.5 Å². The summed E-state index contributed by atoms with van der Waals surface area (Å²) in [7, 11) is 0. The maximum absolute atomic E-state index is 14.1. The lowest BCUT2D eigenvalue weighted by Crippen LogP contribution is -2.57. The number of nitrogens with one attached hydrogen (secondary N) is 2. The molecule has 1 aliphatic carbocycles. The minimum atomic E-state index is -1.27. The zero-order valence-electron chi connectivity index (χ0n) is 22.5. The quantitative estimate of drug-likeness (QED) is 0.497. The van der Waals surface area contributed by atoms with Gasteiger partial charge in [0.15, 0.2) is 0 Å². The Hall–Kier alpha value is -3.23. The van der Waals surface area contributed by atoms with E-state index in [1.54, 1.807) is 48.6 Å². The number of amides is 3. The number of benzene rings is 2. The van der Waals surface area contributed by atoms with Gasteiger partial charge < -0.3 is 20.3 Å². The Labute approximate surface area is 238 Å². The topological polar surface area (TPSA) is 87.7 Å². The zero-order chi connectivity index (χ0) is 28.2. The highest BCUT2D eigenvalue weighted by molar-refractivity contribution is 6.30. The number of fused-ring (bicyclic) bond motifs is 1. The van der Waals surface area contributed by atoms with Gasteiger partial charge in [-0.2, -0.15) is 0 Å². The van der Waals surface area contributed by atoms with Gasteiger partial charge in [-0.3, -0.25) is 14.4 Å². The second kappa shape index (κ2) is 10.3. The number of hydrogen-bond donors (Lipinski definition) is 2. The van der Waals surface area contributed by atoms with Crippen molar-refractivity contribution >= 4 is 35.0 Å². The van der Waals surface area contributed by atoms with Gasteiger partial charge in [-0.05, 0) is 54.2 Å². The average Bonchev–Trinajstić information content (AvgIpc) is 3.55. The smallest absolute Gasteiger partial charge is 0.246 e. The van der Waals surface area contributed by atoms with Gasteiger partial charge in [-0.15, -0.1) is 0 Å². The number of likely N-dealkylation sites (tertiary alicyclic amines) is 1. The van der Waals surface area contributed by atoms with Crippen LogP contribution in [0.25, 0.3) is 0 Å². The van der Waals surface area contributed by atoms with Crippen LogP contribution in [0.3, 0.4) is 0 Å². The minimum Gasteiger partial charge on any atom is -0.359 e. The van der Waals surface area contributed by atoms with Crippen LogP contribution in [0.4, 0.5) is 10.1 Å². The van der Waals surface area contributed by atoms with Crippen LogP contribution in [0, 0.1) is 29.5 Å². The zero-order valence-corrected chi connectivity index (χ0v) is 23.2. The predicted molar refractivity (Wildman–Crippen MR) is 149 cm³/mol. The number of nitrogens with zero attached hydrogens (tertiary/aromatic N) is 1. The van der Waals surface area contributed by atoms with E-state index in [1.807, 2.05) is 0 Å². The molecule has 2 bridgehead atoms. The molecule has 2 N–H and O–H groups in total. The van der Waals surface area contributed by atoms with Crippen LogP contribution in [0.15, 0.2) is 60.7 Å². The molecule has 3 heterocycles. The molecule has 3 fully saturated rings. The Morgan fingerprint density at radius 1 is 1.12 bits per heavy atom. The van der Waals surface area contributed by atoms with Crippen molar-refractivity contribution in [2.75, 3.05) is 5.32 Å².